The molecule has 2 fully saturated rings. The molecule has 1 aliphatic heterocycles. The first-order valence-corrected chi connectivity index (χ1v) is 9.51. The Kier molecular flexibility index (Phi) is 6.29. The number of nitrogens with zero attached hydrogens (tertiary/aromatic N) is 1. The average molecular weight is 313 g/mol. The molecule has 0 spiro atoms. The minimum Gasteiger partial charge on any atom is -0.311 e. The quantitative estimate of drug-likeness (QED) is 0.833. The van der Waals surface area contributed by atoms with Crippen LogP contribution in [0.25, 0.3) is 6.08 Å². The van der Waals surface area contributed by atoms with Crippen LogP contribution < -0.4 is 5.32 Å². The molecule has 1 N–H and O–H groups in total. The van der Waals surface area contributed by atoms with Crippen molar-refractivity contribution in [1.29, 1.82) is 0 Å². The molecule has 126 valence electrons. The van der Waals surface area contributed by atoms with Gasteiger partial charge < -0.3 is 5.32 Å². The van der Waals surface area contributed by atoms with Gasteiger partial charge >= 0.3 is 0 Å². The van der Waals surface area contributed by atoms with Crippen molar-refractivity contribution in [2.75, 3.05) is 19.6 Å². The third-order valence-electron chi connectivity index (χ3n) is 5.46. The molecule has 0 unspecified atom stereocenters. The monoisotopic (exact) mass is 312 g/mol. The maximum absolute atomic E-state index is 3.71. The summed E-state index contributed by atoms with van der Waals surface area (Å²) in [7, 11) is 0. The van der Waals surface area contributed by atoms with Crippen molar-refractivity contribution in [3.63, 3.8) is 0 Å². The van der Waals surface area contributed by atoms with Crippen LogP contribution in [0, 0.1) is 0 Å². The molecule has 1 aromatic carbocycles. The summed E-state index contributed by atoms with van der Waals surface area (Å²) in [5.74, 6) is 0. The second kappa shape index (κ2) is 8.65. The van der Waals surface area contributed by atoms with E-state index in [1.54, 1.807) is 0 Å². The maximum Gasteiger partial charge on any atom is 0.0224 e. The molecule has 1 saturated heterocycles. The Morgan fingerprint density at radius 1 is 1.09 bits per heavy atom. The zero-order chi connectivity index (χ0) is 15.9. The fraction of sp³-hybridized carbons (Fsp3) is 0.619. The highest BCUT2D eigenvalue weighted by molar-refractivity contribution is 5.52. The first kappa shape index (κ1) is 16.7. The number of benzene rings is 1. The van der Waals surface area contributed by atoms with E-state index >= 15 is 0 Å². The molecule has 0 bridgehead atoms. The number of hydrogen-bond donors (Lipinski definition) is 1. The minimum atomic E-state index is 0.766. The van der Waals surface area contributed by atoms with Crippen molar-refractivity contribution < 1.29 is 0 Å². The molecule has 1 aromatic rings. The lowest BCUT2D eigenvalue weighted by Crippen LogP contribution is -2.45. The van der Waals surface area contributed by atoms with Crippen molar-refractivity contribution >= 4 is 6.08 Å². The van der Waals surface area contributed by atoms with Gasteiger partial charge in [0.1, 0.15) is 0 Å². The second-order valence-corrected chi connectivity index (χ2v) is 7.36. The molecule has 0 aromatic heterocycles. The fourth-order valence-corrected chi connectivity index (χ4v) is 4.29. The van der Waals surface area contributed by atoms with Gasteiger partial charge in [-0.2, -0.15) is 0 Å². The van der Waals surface area contributed by atoms with E-state index in [0.717, 1.165) is 25.2 Å². The average Bonchev–Trinajstić information content (AvgIpc) is 3.05. The van der Waals surface area contributed by atoms with Crippen LogP contribution in [0.1, 0.15) is 57.4 Å². The van der Waals surface area contributed by atoms with Crippen LogP contribution in [0.2, 0.25) is 0 Å². The fourth-order valence-electron chi connectivity index (χ4n) is 4.29. The largest absolute Gasteiger partial charge is 0.311 e. The molecule has 2 aliphatic rings. The van der Waals surface area contributed by atoms with E-state index in [0.29, 0.717) is 0 Å². The van der Waals surface area contributed by atoms with Crippen molar-refractivity contribution in [3.8, 4) is 0 Å². The van der Waals surface area contributed by atoms with E-state index < -0.39 is 0 Å². The molecule has 1 heterocycles. The van der Waals surface area contributed by atoms with Gasteiger partial charge in [-0.05, 0) is 44.7 Å². The van der Waals surface area contributed by atoms with E-state index in [1.807, 2.05) is 0 Å². The van der Waals surface area contributed by atoms with Crippen LogP contribution in [0.3, 0.4) is 0 Å². The van der Waals surface area contributed by atoms with E-state index in [2.05, 4.69) is 53.5 Å². The molecule has 1 saturated carbocycles. The summed E-state index contributed by atoms with van der Waals surface area (Å²) in [4.78, 5) is 2.82. The summed E-state index contributed by atoms with van der Waals surface area (Å²) in [6, 6.07) is 12.3. The summed E-state index contributed by atoms with van der Waals surface area (Å²) in [5.41, 5.74) is 2.72. The predicted molar refractivity (Wildman–Crippen MR) is 99.6 cm³/mol. The van der Waals surface area contributed by atoms with Gasteiger partial charge in [-0.25, -0.2) is 0 Å². The van der Waals surface area contributed by atoms with Gasteiger partial charge in [0, 0.05) is 25.2 Å². The van der Waals surface area contributed by atoms with E-state index in [4.69, 9.17) is 0 Å². The molecule has 1 atom stereocenters. The highest BCUT2D eigenvalue weighted by atomic mass is 15.2. The number of hydrogen-bond acceptors (Lipinski definition) is 2. The molecule has 0 amide bonds. The number of likely N-dealkylation sites (tertiary alicyclic amines) is 1. The second-order valence-electron chi connectivity index (χ2n) is 7.36. The normalized spacial score (nSPS) is 24.2. The van der Waals surface area contributed by atoms with Crippen molar-refractivity contribution in [1.82, 2.24) is 10.2 Å². The minimum absolute atomic E-state index is 0.766. The van der Waals surface area contributed by atoms with Crippen LogP contribution >= 0.6 is 0 Å². The van der Waals surface area contributed by atoms with E-state index in [-0.39, 0.29) is 0 Å². The summed E-state index contributed by atoms with van der Waals surface area (Å²) in [6.45, 7) is 5.71. The highest BCUT2D eigenvalue weighted by Gasteiger charge is 2.30. The third-order valence-corrected chi connectivity index (χ3v) is 5.46. The Hall–Kier alpha value is -1.12. The summed E-state index contributed by atoms with van der Waals surface area (Å²) < 4.78 is 0. The molecule has 2 heteroatoms. The Morgan fingerprint density at radius 2 is 1.87 bits per heavy atom. The maximum atomic E-state index is 3.71. The zero-order valence-electron chi connectivity index (χ0n) is 14.6. The van der Waals surface area contributed by atoms with Crippen LogP contribution in [0.5, 0.6) is 0 Å². The molecular formula is C21H32N2. The SMILES string of the molecule is C/C(=C\c1ccccc1)CNC[C@@H]1CCCN1C1CCCCC1. The Balaban J connectivity index is 1.45. The topological polar surface area (TPSA) is 15.3 Å². The smallest absolute Gasteiger partial charge is 0.0224 e. The van der Waals surface area contributed by atoms with Crippen molar-refractivity contribution in [2.24, 2.45) is 0 Å². The zero-order valence-corrected chi connectivity index (χ0v) is 14.6. The van der Waals surface area contributed by atoms with Crippen LogP contribution in [-0.4, -0.2) is 36.6 Å². The Labute approximate surface area is 142 Å². The van der Waals surface area contributed by atoms with E-state index in [1.165, 1.54) is 62.6 Å². The molecule has 0 radical (unpaired) electrons. The lowest BCUT2D eigenvalue weighted by Gasteiger charge is -2.35. The molecule has 23 heavy (non-hydrogen) atoms. The van der Waals surface area contributed by atoms with Gasteiger partial charge in [0.25, 0.3) is 0 Å². The van der Waals surface area contributed by atoms with Crippen molar-refractivity contribution in [3.05, 3.63) is 41.5 Å². The van der Waals surface area contributed by atoms with Crippen molar-refractivity contribution in [2.45, 2.75) is 64.0 Å². The van der Waals surface area contributed by atoms with Crippen LogP contribution in [0.4, 0.5) is 0 Å². The van der Waals surface area contributed by atoms with E-state index in [9.17, 15) is 0 Å². The lowest BCUT2D eigenvalue weighted by molar-refractivity contribution is 0.141. The van der Waals surface area contributed by atoms with Gasteiger partial charge in [-0.1, -0.05) is 61.2 Å². The molecular weight excluding hydrogens is 280 g/mol. The third kappa shape index (κ3) is 4.92. The first-order chi connectivity index (χ1) is 11.3. The molecule has 1 aliphatic carbocycles. The summed E-state index contributed by atoms with van der Waals surface area (Å²) in [6.07, 6.45) is 12.3. The Morgan fingerprint density at radius 3 is 2.65 bits per heavy atom. The number of rotatable bonds is 6. The summed E-state index contributed by atoms with van der Waals surface area (Å²) >= 11 is 0. The first-order valence-electron chi connectivity index (χ1n) is 9.51. The summed E-state index contributed by atoms with van der Waals surface area (Å²) in [5, 5.41) is 3.71. The van der Waals surface area contributed by atoms with Gasteiger partial charge in [0.05, 0.1) is 0 Å². The van der Waals surface area contributed by atoms with Crippen LogP contribution in [-0.2, 0) is 0 Å². The van der Waals surface area contributed by atoms with Crippen LogP contribution in [0.15, 0.2) is 35.9 Å². The Bertz CT molecular complexity index is 488. The van der Waals surface area contributed by atoms with Gasteiger partial charge in [-0.3, -0.25) is 4.90 Å². The standard InChI is InChI=1S/C21H32N2/c1-18(15-19-9-4-2-5-10-19)16-22-17-21-13-8-14-23(21)20-11-6-3-7-12-20/h2,4-5,9-10,15,20-22H,3,6-8,11-14,16-17H2,1H3/b18-15+/t21-/m0/s1. The molecule has 2 nitrogen and oxygen atoms in total. The lowest BCUT2D eigenvalue weighted by atomic mass is 9.94. The van der Waals surface area contributed by atoms with Gasteiger partial charge in [-0.15, -0.1) is 0 Å². The number of nitrogens with one attached hydrogen (secondary N) is 1. The van der Waals surface area contributed by atoms with Gasteiger partial charge in [0.15, 0.2) is 0 Å². The highest BCUT2D eigenvalue weighted by Crippen LogP contribution is 2.28. The van der Waals surface area contributed by atoms with Gasteiger partial charge in [0.2, 0.25) is 0 Å². The molecule has 3 rings (SSSR count). The predicted octanol–water partition coefficient (Wildman–Crippen LogP) is 4.48.